The number of nitrogen functional groups attached to an aromatic ring is 1. The van der Waals surface area contributed by atoms with Crippen molar-refractivity contribution in [2.75, 3.05) is 5.73 Å². The van der Waals surface area contributed by atoms with Crippen LogP contribution >= 0.6 is 15.9 Å². The van der Waals surface area contributed by atoms with E-state index in [4.69, 9.17) is 10.5 Å². The van der Waals surface area contributed by atoms with Gasteiger partial charge in [-0.25, -0.2) is 4.39 Å². The molecule has 0 aromatic heterocycles. The maximum Gasteiger partial charge on any atom is 0.156 e. The van der Waals surface area contributed by atoms with Crippen molar-refractivity contribution in [3.63, 3.8) is 0 Å². The monoisotopic (exact) mass is 309 g/mol. The minimum absolute atomic E-state index is 0.239. The van der Waals surface area contributed by atoms with Crippen LogP contribution in [0.3, 0.4) is 0 Å². The fraction of sp³-hybridized carbons (Fsp3) is 0.143. The van der Waals surface area contributed by atoms with Gasteiger partial charge >= 0.3 is 0 Å². The molecule has 0 aliphatic carbocycles. The summed E-state index contributed by atoms with van der Waals surface area (Å²) in [6.07, 6.45) is 0. The maximum atomic E-state index is 13.0. The van der Waals surface area contributed by atoms with Gasteiger partial charge in [0.15, 0.2) is 5.75 Å². The zero-order valence-corrected chi connectivity index (χ0v) is 11.5. The molecular formula is C14H13BrFNO. The molecule has 0 saturated heterocycles. The quantitative estimate of drug-likeness (QED) is 0.868. The minimum Gasteiger partial charge on any atom is -0.486 e. The Labute approximate surface area is 114 Å². The number of hydrogen-bond donors (Lipinski definition) is 1. The van der Waals surface area contributed by atoms with Crippen LogP contribution in [0.1, 0.15) is 11.1 Å². The number of hydrogen-bond acceptors (Lipinski definition) is 2. The van der Waals surface area contributed by atoms with E-state index in [9.17, 15) is 4.39 Å². The number of ether oxygens (including phenoxy) is 1. The predicted molar refractivity (Wildman–Crippen MR) is 74.0 cm³/mol. The van der Waals surface area contributed by atoms with Gasteiger partial charge in [-0.15, -0.1) is 0 Å². The van der Waals surface area contributed by atoms with Crippen LogP contribution in [0.2, 0.25) is 0 Å². The molecule has 4 heteroatoms. The van der Waals surface area contributed by atoms with Crippen molar-refractivity contribution in [3.05, 3.63) is 57.8 Å². The minimum atomic E-state index is -0.239. The summed E-state index contributed by atoms with van der Waals surface area (Å²) in [5.74, 6) is 0.373. The highest BCUT2D eigenvalue weighted by molar-refractivity contribution is 9.10. The van der Waals surface area contributed by atoms with Gasteiger partial charge in [0.25, 0.3) is 0 Å². The van der Waals surface area contributed by atoms with Crippen molar-refractivity contribution >= 4 is 21.6 Å². The molecule has 0 heterocycles. The highest BCUT2D eigenvalue weighted by atomic mass is 79.9. The average molecular weight is 310 g/mol. The molecule has 0 saturated carbocycles. The van der Waals surface area contributed by atoms with Gasteiger partial charge in [0.05, 0.1) is 10.2 Å². The van der Waals surface area contributed by atoms with Crippen LogP contribution in [0.5, 0.6) is 5.75 Å². The molecule has 94 valence electrons. The van der Waals surface area contributed by atoms with Crippen molar-refractivity contribution in [1.29, 1.82) is 0 Å². The Morgan fingerprint density at radius 2 is 2.06 bits per heavy atom. The number of para-hydroxylation sites is 1. The molecule has 0 amide bonds. The van der Waals surface area contributed by atoms with Gasteiger partial charge < -0.3 is 10.5 Å². The number of anilines is 1. The number of halogens is 2. The Morgan fingerprint density at radius 3 is 2.72 bits per heavy atom. The van der Waals surface area contributed by atoms with Crippen LogP contribution in [0.15, 0.2) is 40.9 Å². The second kappa shape index (κ2) is 5.40. The molecular weight excluding hydrogens is 297 g/mol. The predicted octanol–water partition coefficient (Wildman–Crippen LogP) is 4.06. The molecule has 2 rings (SSSR count). The van der Waals surface area contributed by atoms with Crippen molar-refractivity contribution in [2.24, 2.45) is 0 Å². The largest absolute Gasteiger partial charge is 0.486 e. The first-order valence-electron chi connectivity index (χ1n) is 5.50. The van der Waals surface area contributed by atoms with Crippen molar-refractivity contribution in [2.45, 2.75) is 13.5 Å². The second-order valence-corrected chi connectivity index (χ2v) is 4.87. The van der Waals surface area contributed by atoms with Gasteiger partial charge in [0.1, 0.15) is 12.4 Å². The van der Waals surface area contributed by atoms with Gasteiger partial charge in [-0.05, 0) is 58.2 Å². The van der Waals surface area contributed by atoms with E-state index in [0.29, 0.717) is 18.0 Å². The Morgan fingerprint density at radius 1 is 1.28 bits per heavy atom. The summed E-state index contributed by atoms with van der Waals surface area (Å²) >= 11 is 3.39. The standard InChI is InChI=1S/C14H13BrFNO/c1-9-7-11(16)6-5-10(9)8-18-14-12(15)3-2-4-13(14)17/h2-7H,8,17H2,1H3. The molecule has 0 unspecified atom stereocenters. The van der Waals surface area contributed by atoms with E-state index in [2.05, 4.69) is 15.9 Å². The van der Waals surface area contributed by atoms with Crippen molar-refractivity contribution < 1.29 is 9.13 Å². The van der Waals surface area contributed by atoms with Gasteiger partial charge in [-0.2, -0.15) is 0 Å². The van der Waals surface area contributed by atoms with E-state index in [1.807, 2.05) is 19.1 Å². The topological polar surface area (TPSA) is 35.2 Å². The third-order valence-corrected chi connectivity index (χ3v) is 3.30. The lowest BCUT2D eigenvalue weighted by Crippen LogP contribution is -2.01. The van der Waals surface area contributed by atoms with Crippen LogP contribution in [0.4, 0.5) is 10.1 Å². The van der Waals surface area contributed by atoms with E-state index in [1.165, 1.54) is 12.1 Å². The summed E-state index contributed by atoms with van der Waals surface area (Å²) in [4.78, 5) is 0. The maximum absolute atomic E-state index is 13.0. The van der Waals surface area contributed by atoms with Crippen LogP contribution in [-0.4, -0.2) is 0 Å². The summed E-state index contributed by atoms with van der Waals surface area (Å²) in [5.41, 5.74) is 8.20. The molecule has 0 fully saturated rings. The summed E-state index contributed by atoms with van der Waals surface area (Å²) in [7, 11) is 0. The zero-order valence-electron chi connectivity index (χ0n) is 9.91. The van der Waals surface area contributed by atoms with Crippen LogP contribution < -0.4 is 10.5 Å². The summed E-state index contributed by atoms with van der Waals surface area (Å²) in [6.45, 7) is 2.21. The normalized spacial score (nSPS) is 10.4. The highest BCUT2D eigenvalue weighted by Gasteiger charge is 2.07. The van der Waals surface area contributed by atoms with Gasteiger partial charge in [-0.1, -0.05) is 12.1 Å². The first kappa shape index (κ1) is 12.9. The average Bonchev–Trinajstić information content (AvgIpc) is 2.31. The molecule has 2 nitrogen and oxygen atoms in total. The molecule has 0 bridgehead atoms. The Balaban J connectivity index is 2.16. The molecule has 0 radical (unpaired) electrons. The number of rotatable bonds is 3. The molecule has 0 atom stereocenters. The summed E-state index contributed by atoms with van der Waals surface area (Å²) in [6, 6.07) is 10.1. The molecule has 2 N–H and O–H groups in total. The SMILES string of the molecule is Cc1cc(F)ccc1COc1c(N)cccc1Br. The lowest BCUT2D eigenvalue weighted by Gasteiger charge is -2.12. The smallest absolute Gasteiger partial charge is 0.156 e. The number of nitrogens with two attached hydrogens (primary N) is 1. The summed E-state index contributed by atoms with van der Waals surface area (Å²) in [5, 5.41) is 0. The third kappa shape index (κ3) is 2.82. The van der Waals surface area contributed by atoms with E-state index < -0.39 is 0 Å². The molecule has 18 heavy (non-hydrogen) atoms. The Bertz CT molecular complexity index is 551. The Hall–Kier alpha value is -1.55. The highest BCUT2D eigenvalue weighted by Crippen LogP contribution is 2.31. The van der Waals surface area contributed by atoms with Gasteiger partial charge in [0.2, 0.25) is 0 Å². The summed E-state index contributed by atoms with van der Waals surface area (Å²) < 4.78 is 19.5. The van der Waals surface area contributed by atoms with E-state index in [-0.39, 0.29) is 5.82 Å². The van der Waals surface area contributed by atoms with Crippen molar-refractivity contribution in [1.82, 2.24) is 0 Å². The third-order valence-electron chi connectivity index (χ3n) is 2.67. The zero-order chi connectivity index (χ0) is 13.1. The number of aryl methyl sites for hydroxylation is 1. The van der Waals surface area contributed by atoms with E-state index in [0.717, 1.165) is 15.6 Å². The van der Waals surface area contributed by atoms with Crippen LogP contribution in [0, 0.1) is 12.7 Å². The fourth-order valence-electron chi connectivity index (χ4n) is 1.65. The molecule has 0 aliphatic heterocycles. The van der Waals surface area contributed by atoms with Crippen molar-refractivity contribution in [3.8, 4) is 5.75 Å². The van der Waals surface area contributed by atoms with E-state index >= 15 is 0 Å². The molecule has 2 aromatic carbocycles. The van der Waals surface area contributed by atoms with Crippen LogP contribution in [-0.2, 0) is 6.61 Å². The lowest BCUT2D eigenvalue weighted by molar-refractivity contribution is 0.305. The van der Waals surface area contributed by atoms with Gasteiger partial charge in [0, 0.05) is 0 Å². The first-order valence-corrected chi connectivity index (χ1v) is 6.29. The Kier molecular flexibility index (Phi) is 3.87. The lowest BCUT2D eigenvalue weighted by atomic mass is 10.1. The first-order chi connectivity index (χ1) is 8.58. The van der Waals surface area contributed by atoms with Crippen LogP contribution in [0.25, 0.3) is 0 Å². The fourth-order valence-corrected chi connectivity index (χ4v) is 2.14. The van der Waals surface area contributed by atoms with Gasteiger partial charge in [-0.3, -0.25) is 0 Å². The second-order valence-electron chi connectivity index (χ2n) is 4.02. The molecule has 2 aromatic rings. The molecule has 0 aliphatic rings. The number of benzene rings is 2. The molecule has 0 spiro atoms. The van der Waals surface area contributed by atoms with E-state index in [1.54, 1.807) is 12.1 Å².